The summed E-state index contributed by atoms with van der Waals surface area (Å²) in [5.74, 6) is -2.10. The number of benzene rings is 1. The first-order chi connectivity index (χ1) is 9.79. The van der Waals surface area contributed by atoms with Gasteiger partial charge in [-0.25, -0.2) is 22.6 Å². The number of nitrogens with one attached hydrogen (secondary N) is 1. The van der Waals surface area contributed by atoms with E-state index in [1.807, 2.05) is 0 Å². The third-order valence-electron chi connectivity index (χ3n) is 2.61. The maximum atomic E-state index is 13.6. The summed E-state index contributed by atoms with van der Waals surface area (Å²) in [4.78, 5) is 13.7. The van der Waals surface area contributed by atoms with E-state index in [1.54, 1.807) is 6.92 Å². The van der Waals surface area contributed by atoms with Crippen molar-refractivity contribution in [3.05, 3.63) is 53.6 Å². The van der Waals surface area contributed by atoms with Gasteiger partial charge in [0.25, 0.3) is 10.0 Å². The number of pyridine rings is 1. The molecule has 1 aromatic heterocycles. The van der Waals surface area contributed by atoms with Gasteiger partial charge in [0, 0.05) is 0 Å². The lowest BCUT2D eigenvalue weighted by molar-refractivity contribution is 0.0690. The van der Waals surface area contributed by atoms with Gasteiger partial charge in [-0.05, 0) is 36.8 Å². The first kappa shape index (κ1) is 14.9. The molecule has 0 aliphatic rings. The fraction of sp³-hybridized carbons (Fsp3) is 0.0769. The molecule has 8 heteroatoms. The van der Waals surface area contributed by atoms with Crippen LogP contribution in [0, 0.1) is 12.7 Å². The molecule has 0 unspecified atom stereocenters. The van der Waals surface area contributed by atoms with E-state index < -0.39 is 26.7 Å². The molecule has 0 fully saturated rings. The zero-order valence-corrected chi connectivity index (χ0v) is 11.7. The van der Waals surface area contributed by atoms with Crippen LogP contribution in [0.3, 0.4) is 0 Å². The minimum absolute atomic E-state index is 0.0425. The summed E-state index contributed by atoms with van der Waals surface area (Å²) in [6.07, 6.45) is 1.05. The summed E-state index contributed by atoms with van der Waals surface area (Å²) < 4.78 is 40.0. The van der Waals surface area contributed by atoms with Crippen LogP contribution in [-0.2, 0) is 10.0 Å². The Labute approximate surface area is 120 Å². The lowest BCUT2D eigenvalue weighted by Gasteiger charge is -2.09. The highest BCUT2D eigenvalue weighted by Crippen LogP contribution is 2.19. The Morgan fingerprint density at radius 3 is 2.57 bits per heavy atom. The topological polar surface area (TPSA) is 96.4 Å². The molecule has 0 amide bonds. The number of carboxylic acid groups (broad SMARTS) is 1. The Hall–Kier alpha value is -2.48. The molecule has 0 aliphatic carbocycles. The molecule has 0 bridgehead atoms. The Morgan fingerprint density at radius 1 is 1.29 bits per heavy atom. The van der Waals surface area contributed by atoms with Crippen LogP contribution >= 0.6 is 0 Å². The average Bonchev–Trinajstić information content (AvgIpc) is 2.41. The van der Waals surface area contributed by atoms with Crippen LogP contribution in [0.5, 0.6) is 0 Å². The number of halogens is 1. The zero-order chi connectivity index (χ0) is 15.6. The third-order valence-corrected chi connectivity index (χ3v) is 4.01. The van der Waals surface area contributed by atoms with Gasteiger partial charge in [-0.1, -0.05) is 6.07 Å². The molecular formula is C13H11FN2O4S. The lowest BCUT2D eigenvalue weighted by atomic mass is 10.2. The van der Waals surface area contributed by atoms with Gasteiger partial charge in [-0.3, -0.25) is 4.72 Å². The molecule has 2 aromatic rings. The third kappa shape index (κ3) is 3.34. The molecule has 0 saturated carbocycles. The van der Waals surface area contributed by atoms with Gasteiger partial charge in [0.15, 0.2) is 0 Å². The number of carboxylic acids is 1. The number of hydrogen-bond donors (Lipinski definition) is 2. The van der Waals surface area contributed by atoms with E-state index in [9.17, 15) is 17.6 Å². The van der Waals surface area contributed by atoms with Crippen molar-refractivity contribution in [2.45, 2.75) is 11.8 Å². The van der Waals surface area contributed by atoms with Gasteiger partial charge in [0.05, 0.1) is 11.9 Å². The first-order valence-corrected chi connectivity index (χ1v) is 7.26. The molecule has 1 heterocycles. The molecule has 0 aliphatic heterocycles. The summed E-state index contributed by atoms with van der Waals surface area (Å²) in [5, 5.41) is 8.70. The van der Waals surface area contributed by atoms with Crippen molar-refractivity contribution in [1.82, 2.24) is 4.98 Å². The summed E-state index contributed by atoms with van der Waals surface area (Å²) in [6.45, 7) is 1.64. The molecule has 2 N–H and O–H groups in total. The molecule has 0 saturated heterocycles. The van der Waals surface area contributed by atoms with Crippen molar-refractivity contribution >= 4 is 21.7 Å². The van der Waals surface area contributed by atoms with Gasteiger partial charge in [0.2, 0.25) is 0 Å². The van der Waals surface area contributed by atoms with Gasteiger partial charge < -0.3 is 5.11 Å². The highest BCUT2D eigenvalue weighted by atomic mass is 32.2. The molecular weight excluding hydrogens is 299 g/mol. The van der Waals surface area contributed by atoms with Crippen molar-refractivity contribution in [2.75, 3.05) is 4.72 Å². The number of nitrogens with zero attached hydrogens (tertiary/aromatic N) is 1. The summed E-state index contributed by atoms with van der Waals surface area (Å²) in [5.41, 5.74) is 0.414. The smallest absolute Gasteiger partial charge is 0.354 e. The number of aromatic nitrogens is 1. The highest BCUT2D eigenvalue weighted by molar-refractivity contribution is 7.92. The average molecular weight is 310 g/mol. The van der Waals surface area contributed by atoms with Crippen LogP contribution < -0.4 is 4.72 Å². The van der Waals surface area contributed by atoms with Crippen LogP contribution in [0.4, 0.5) is 10.1 Å². The fourth-order valence-corrected chi connectivity index (χ4v) is 2.81. The van der Waals surface area contributed by atoms with Gasteiger partial charge in [-0.15, -0.1) is 0 Å². The number of hydrogen-bond acceptors (Lipinski definition) is 4. The predicted molar refractivity (Wildman–Crippen MR) is 73.1 cm³/mol. The lowest BCUT2D eigenvalue weighted by Crippen LogP contribution is -2.15. The molecule has 0 radical (unpaired) electrons. The maximum absolute atomic E-state index is 13.6. The van der Waals surface area contributed by atoms with Gasteiger partial charge in [-0.2, -0.15) is 0 Å². The number of aryl methyl sites for hydroxylation is 1. The van der Waals surface area contributed by atoms with Crippen molar-refractivity contribution in [3.63, 3.8) is 0 Å². The monoisotopic (exact) mass is 310 g/mol. The maximum Gasteiger partial charge on any atom is 0.354 e. The predicted octanol–water partition coefficient (Wildman–Crippen LogP) is 2.03. The Morgan fingerprint density at radius 2 is 2.00 bits per heavy atom. The SMILES string of the molecule is Cc1ccc(F)c(S(=O)(=O)Nc2ccc(C(=O)O)nc2)c1. The second-order valence-electron chi connectivity index (χ2n) is 4.28. The number of sulfonamides is 1. The normalized spacial score (nSPS) is 11.1. The Kier molecular flexibility index (Phi) is 3.90. The van der Waals surface area contributed by atoms with E-state index >= 15 is 0 Å². The number of rotatable bonds is 4. The second-order valence-corrected chi connectivity index (χ2v) is 5.93. The Balaban J connectivity index is 2.33. The van der Waals surface area contributed by atoms with Crippen LogP contribution in [0.25, 0.3) is 0 Å². The second kappa shape index (κ2) is 5.49. The standard InChI is InChI=1S/C13H11FN2O4S/c1-8-2-4-10(14)12(6-8)21(19,20)16-9-3-5-11(13(17)18)15-7-9/h2-7,16H,1H3,(H,17,18). The minimum atomic E-state index is -4.11. The van der Waals surface area contributed by atoms with Crippen LogP contribution in [-0.4, -0.2) is 24.5 Å². The highest BCUT2D eigenvalue weighted by Gasteiger charge is 2.19. The van der Waals surface area contributed by atoms with Crippen molar-refractivity contribution in [1.29, 1.82) is 0 Å². The van der Waals surface area contributed by atoms with Crippen molar-refractivity contribution < 1.29 is 22.7 Å². The van der Waals surface area contributed by atoms with Crippen molar-refractivity contribution in [2.24, 2.45) is 0 Å². The molecule has 110 valence electrons. The molecule has 2 rings (SSSR count). The van der Waals surface area contributed by atoms with Gasteiger partial charge >= 0.3 is 5.97 Å². The zero-order valence-electron chi connectivity index (χ0n) is 10.9. The molecule has 6 nitrogen and oxygen atoms in total. The van der Waals surface area contributed by atoms with E-state index in [2.05, 4.69) is 9.71 Å². The molecule has 0 spiro atoms. The van der Waals surface area contributed by atoms with E-state index in [0.717, 1.165) is 18.3 Å². The molecule has 21 heavy (non-hydrogen) atoms. The molecule has 1 aromatic carbocycles. The van der Waals surface area contributed by atoms with E-state index in [4.69, 9.17) is 5.11 Å². The summed E-state index contributed by atoms with van der Waals surface area (Å²) >= 11 is 0. The number of anilines is 1. The van der Waals surface area contributed by atoms with Crippen molar-refractivity contribution in [3.8, 4) is 0 Å². The summed E-state index contributed by atoms with van der Waals surface area (Å²) in [6, 6.07) is 6.11. The minimum Gasteiger partial charge on any atom is -0.477 e. The van der Waals surface area contributed by atoms with E-state index in [0.29, 0.717) is 5.56 Å². The van der Waals surface area contributed by atoms with Crippen LogP contribution in [0.2, 0.25) is 0 Å². The first-order valence-electron chi connectivity index (χ1n) is 5.78. The van der Waals surface area contributed by atoms with E-state index in [-0.39, 0.29) is 11.4 Å². The summed E-state index contributed by atoms with van der Waals surface area (Å²) in [7, 11) is -4.11. The quantitative estimate of drug-likeness (QED) is 0.900. The van der Waals surface area contributed by atoms with Crippen LogP contribution in [0.1, 0.15) is 16.1 Å². The Bertz CT molecular complexity index is 788. The largest absolute Gasteiger partial charge is 0.477 e. The van der Waals surface area contributed by atoms with Crippen LogP contribution in [0.15, 0.2) is 41.4 Å². The number of aromatic carboxylic acids is 1. The van der Waals surface area contributed by atoms with Gasteiger partial charge in [0.1, 0.15) is 16.4 Å². The van der Waals surface area contributed by atoms with E-state index in [1.165, 1.54) is 18.2 Å². The molecule has 0 atom stereocenters. The fourth-order valence-electron chi connectivity index (χ4n) is 1.61. The number of carbonyl (C=O) groups is 1.